The number of thiazole rings is 1. The van der Waals surface area contributed by atoms with Crippen LogP contribution in [0.5, 0.6) is 0 Å². The minimum absolute atomic E-state index is 0.357. The molecule has 1 fully saturated rings. The topological polar surface area (TPSA) is 52.0 Å². The largest absolute Gasteiger partial charge is 0.305 e. The second-order valence-electron chi connectivity index (χ2n) is 9.70. The molecule has 0 saturated carbocycles. The van der Waals surface area contributed by atoms with Crippen molar-refractivity contribution in [3.63, 3.8) is 0 Å². The Labute approximate surface area is 209 Å². The van der Waals surface area contributed by atoms with Crippen molar-refractivity contribution in [2.75, 3.05) is 19.6 Å². The van der Waals surface area contributed by atoms with E-state index in [9.17, 15) is 5.26 Å². The molecule has 1 N–H and O–H groups in total. The molecule has 0 spiro atoms. The number of hydrogen-bond donors (Lipinski definition) is 1. The van der Waals surface area contributed by atoms with Crippen molar-refractivity contribution in [3.8, 4) is 6.07 Å². The highest BCUT2D eigenvalue weighted by molar-refractivity contribution is 7.18. The normalized spacial score (nSPS) is 17.0. The molecule has 0 amide bonds. The molecular formula is C29H38N4S. The van der Waals surface area contributed by atoms with E-state index < -0.39 is 0 Å². The van der Waals surface area contributed by atoms with E-state index in [1.165, 1.54) is 60.6 Å². The highest BCUT2D eigenvalue weighted by Gasteiger charge is 2.23. The maximum absolute atomic E-state index is 9.20. The molecule has 1 saturated heterocycles. The zero-order valence-corrected chi connectivity index (χ0v) is 21.7. The van der Waals surface area contributed by atoms with E-state index in [0.29, 0.717) is 18.0 Å². The third-order valence-electron chi connectivity index (χ3n) is 7.40. The van der Waals surface area contributed by atoms with Gasteiger partial charge >= 0.3 is 0 Å². The van der Waals surface area contributed by atoms with Crippen molar-refractivity contribution in [3.05, 3.63) is 64.2 Å². The van der Waals surface area contributed by atoms with E-state index in [4.69, 9.17) is 4.98 Å². The van der Waals surface area contributed by atoms with E-state index in [-0.39, 0.29) is 0 Å². The lowest BCUT2D eigenvalue weighted by atomic mass is 9.89. The number of aromatic nitrogens is 1. The third-order valence-corrected chi connectivity index (χ3v) is 8.55. The highest BCUT2D eigenvalue weighted by Crippen LogP contribution is 2.30. The van der Waals surface area contributed by atoms with Gasteiger partial charge in [0.25, 0.3) is 0 Å². The molecule has 5 heteroatoms. The first-order valence-corrected chi connectivity index (χ1v) is 13.8. The minimum Gasteiger partial charge on any atom is -0.305 e. The Kier molecular flexibility index (Phi) is 8.72. The summed E-state index contributed by atoms with van der Waals surface area (Å²) in [6, 6.07) is 18.1. The van der Waals surface area contributed by atoms with E-state index in [1.54, 1.807) is 0 Å². The molecular weight excluding hydrogens is 436 g/mol. The Morgan fingerprint density at radius 1 is 1.15 bits per heavy atom. The molecule has 1 aromatic heterocycles. The summed E-state index contributed by atoms with van der Waals surface area (Å²) >= 11 is 1.84. The van der Waals surface area contributed by atoms with Crippen LogP contribution in [0.4, 0.5) is 0 Å². The van der Waals surface area contributed by atoms with Gasteiger partial charge in [-0.15, -0.1) is 11.3 Å². The number of nitriles is 1. The molecule has 1 aliphatic heterocycles. The molecule has 2 atom stereocenters. The third kappa shape index (κ3) is 6.05. The van der Waals surface area contributed by atoms with Crippen molar-refractivity contribution >= 4 is 21.6 Å². The Balaban J connectivity index is 1.23. The summed E-state index contributed by atoms with van der Waals surface area (Å²) in [5.41, 5.74) is 4.41. The van der Waals surface area contributed by atoms with Gasteiger partial charge in [-0.05, 0) is 100 Å². The van der Waals surface area contributed by atoms with Crippen LogP contribution in [-0.4, -0.2) is 35.6 Å². The van der Waals surface area contributed by atoms with Gasteiger partial charge in [-0.3, -0.25) is 0 Å². The van der Waals surface area contributed by atoms with Crippen LogP contribution in [0.3, 0.4) is 0 Å². The minimum atomic E-state index is 0.357. The number of fused-ring (bicyclic) bond motifs is 1. The lowest BCUT2D eigenvalue weighted by Crippen LogP contribution is -2.43. The summed E-state index contributed by atoms with van der Waals surface area (Å²) in [5, 5.41) is 14.3. The van der Waals surface area contributed by atoms with Crippen LogP contribution in [0, 0.1) is 18.3 Å². The lowest BCUT2D eigenvalue weighted by Gasteiger charge is -2.34. The van der Waals surface area contributed by atoms with Crippen LogP contribution >= 0.6 is 11.3 Å². The Bertz CT molecular complexity index is 1070. The van der Waals surface area contributed by atoms with E-state index in [1.807, 2.05) is 24.3 Å². The first-order valence-electron chi connectivity index (χ1n) is 13.0. The fourth-order valence-electron chi connectivity index (χ4n) is 5.24. The number of nitrogens with one attached hydrogen (secondary N) is 1. The molecule has 2 aromatic carbocycles. The highest BCUT2D eigenvalue weighted by atomic mass is 32.1. The molecule has 4 rings (SSSR count). The van der Waals surface area contributed by atoms with Crippen LogP contribution in [0.15, 0.2) is 42.5 Å². The van der Waals surface area contributed by atoms with Gasteiger partial charge in [0.15, 0.2) is 0 Å². The zero-order valence-electron chi connectivity index (χ0n) is 20.9. The van der Waals surface area contributed by atoms with Gasteiger partial charge in [-0.25, -0.2) is 4.98 Å². The molecule has 180 valence electrons. The number of benzene rings is 2. The van der Waals surface area contributed by atoms with Crippen LogP contribution in [0.25, 0.3) is 10.2 Å². The fraction of sp³-hybridized carbons (Fsp3) is 0.517. The number of rotatable bonds is 10. The van der Waals surface area contributed by atoms with Gasteiger partial charge < -0.3 is 10.2 Å². The van der Waals surface area contributed by atoms with Gasteiger partial charge in [0.05, 0.1) is 27.9 Å². The summed E-state index contributed by atoms with van der Waals surface area (Å²) in [5.74, 6) is 0.588. The molecule has 2 heterocycles. The van der Waals surface area contributed by atoms with Gasteiger partial charge in [-0.2, -0.15) is 5.26 Å². The predicted molar refractivity (Wildman–Crippen MR) is 143 cm³/mol. The molecule has 0 aliphatic carbocycles. The molecule has 1 aliphatic rings. The molecule has 4 nitrogen and oxygen atoms in total. The fourth-order valence-corrected chi connectivity index (χ4v) is 6.36. The quantitative estimate of drug-likeness (QED) is 0.345. The van der Waals surface area contributed by atoms with Gasteiger partial charge in [0, 0.05) is 6.04 Å². The maximum Gasteiger partial charge on any atom is 0.111 e. The lowest BCUT2D eigenvalue weighted by molar-refractivity contribution is 0.186. The summed E-state index contributed by atoms with van der Waals surface area (Å²) in [6.07, 6.45) is 7.12. The van der Waals surface area contributed by atoms with Crippen molar-refractivity contribution in [2.24, 2.45) is 0 Å². The number of piperidine rings is 1. The molecule has 2 unspecified atom stereocenters. The average molecular weight is 475 g/mol. The molecule has 0 bridgehead atoms. The predicted octanol–water partition coefficient (Wildman–Crippen LogP) is 6.96. The van der Waals surface area contributed by atoms with E-state index >= 15 is 0 Å². The van der Waals surface area contributed by atoms with Gasteiger partial charge in [0.2, 0.25) is 0 Å². The first-order chi connectivity index (χ1) is 16.6. The summed E-state index contributed by atoms with van der Waals surface area (Å²) in [6.45, 7) is 10.1. The maximum atomic E-state index is 9.20. The van der Waals surface area contributed by atoms with Crippen LogP contribution in [0.2, 0.25) is 0 Å². The molecule has 34 heavy (non-hydrogen) atoms. The van der Waals surface area contributed by atoms with Crippen molar-refractivity contribution < 1.29 is 0 Å². The Morgan fingerprint density at radius 2 is 1.94 bits per heavy atom. The Hall–Kier alpha value is -2.26. The second kappa shape index (κ2) is 11.9. The van der Waals surface area contributed by atoms with E-state index in [0.717, 1.165) is 29.5 Å². The summed E-state index contributed by atoms with van der Waals surface area (Å²) in [7, 11) is 0. The van der Waals surface area contributed by atoms with Gasteiger partial charge in [0.1, 0.15) is 5.01 Å². The number of nitrogens with zero attached hydrogens (tertiary/aromatic N) is 3. The number of aryl methyl sites for hydroxylation is 1. The Morgan fingerprint density at radius 3 is 2.62 bits per heavy atom. The van der Waals surface area contributed by atoms with Crippen LogP contribution < -0.4 is 5.32 Å². The summed E-state index contributed by atoms with van der Waals surface area (Å²) in [4.78, 5) is 7.55. The molecule has 0 radical (unpaired) electrons. The standard InChI is InChI=1S/C29H38N4S/c1-4-22(23-12-13-24(20-30)21(3)19-23)9-8-16-33-17-14-25(15-18-33)31-26(5-2)29-32-27-10-6-7-11-28(27)34-29/h6-7,10-13,19,22,25-26,31H,4-5,8-9,14-18H2,1-3H3. The van der Waals surface area contributed by atoms with Crippen molar-refractivity contribution in [1.29, 1.82) is 5.26 Å². The number of para-hydroxylation sites is 1. The summed E-state index contributed by atoms with van der Waals surface area (Å²) < 4.78 is 1.29. The van der Waals surface area contributed by atoms with Crippen molar-refractivity contribution in [2.45, 2.75) is 77.3 Å². The van der Waals surface area contributed by atoms with E-state index in [2.05, 4.69) is 66.5 Å². The van der Waals surface area contributed by atoms with Crippen LogP contribution in [-0.2, 0) is 0 Å². The number of likely N-dealkylation sites (tertiary alicyclic amines) is 1. The van der Waals surface area contributed by atoms with Crippen molar-refractivity contribution in [1.82, 2.24) is 15.2 Å². The average Bonchev–Trinajstić information content (AvgIpc) is 3.30. The van der Waals surface area contributed by atoms with Gasteiger partial charge in [-0.1, -0.05) is 38.1 Å². The first kappa shape index (κ1) is 24.9. The number of hydrogen-bond acceptors (Lipinski definition) is 5. The monoisotopic (exact) mass is 474 g/mol. The van der Waals surface area contributed by atoms with Crippen LogP contribution in [0.1, 0.15) is 86.0 Å². The molecule has 3 aromatic rings. The second-order valence-corrected chi connectivity index (χ2v) is 10.8. The zero-order chi connectivity index (χ0) is 23.9. The smallest absolute Gasteiger partial charge is 0.111 e. The SMILES string of the molecule is CCC(CCCN1CCC(NC(CC)c2nc3ccccc3s2)CC1)c1ccc(C#N)c(C)c1.